The number of hydrogen-bond donors (Lipinski definition) is 3. The second-order valence-corrected chi connectivity index (χ2v) is 5.37. The molecule has 0 bridgehead atoms. The zero-order valence-electron chi connectivity index (χ0n) is 11.9. The maximum atomic E-state index is 12.5. The number of aromatic amines is 1. The lowest BCUT2D eigenvalue weighted by molar-refractivity contribution is -0.132. The molecule has 114 valence electrons. The summed E-state index contributed by atoms with van der Waals surface area (Å²) < 4.78 is 4.58. The van der Waals surface area contributed by atoms with Crippen LogP contribution in [-0.2, 0) is 22.5 Å². The van der Waals surface area contributed by atoms with Crippen LogP contribution >= 0.6 is 0 Å². The number of nitrogens with zero attached hydrogens (tertiary/aromatic N) is 2. The van der Waals surface area contributed by atoms with Crippen molar-refractivity contribution < 1.29 is 14.3 Å². The Morgan fingerprint density at radius 2 is 2.38 bits per heavy atom. The van der Waals surface area contributed by atoms with Gasteiger partial charge in [-0.3, -0.25) is 10.1 Å². The highest BCUT2D eigenvalue weighted by atomic mass is 16.5. The molecule has 0 aliphatic carbocycles. The molecule has 21 heavy (non-hydrogen) atoms. The van der Waals surface area contributed by atoms with Crippen LogP contribution in [0.25, 0.3) is 0 Å². The van der Waals surface area contributed by atoms with Crippen LogP contribution in [0, 0.1) is 0 Å². The molecule has 8 nitrogen and oxygen atoms in total. The van der Waals surface area contributed by atoms with Gasteiger partial charge in [-0.2, -0.15) is 0 Å². The number of hydrogen-bond acceptors (Lipinski definition) is 5. The van der Waals surface area contributed by atoms with Crippen LogP contribution < -0.4 is 10.6 Å². The standard InChI is InChI=1S/C13H19N5O3/c1-21-13(20)17-8-2-3-18(6-8)12(19)10-4-9-11(5-14-10)16-7-15-9/h7-8,10,14H,2-6H2,1H3,(H,15,16)(H,17,20). The fourth-order valence-electron chi connectivity index (χ4n) is 2.87. The third-order valence-corrected chi connectivity index (χ3v) is 4.04. The number of fused-ring (bicyclic) bond motifs is 1. The molecule has 1 saturated heterocycles. The highest BCUT2D eigenvalue weighted by Gasteiger charge is 2.33. The number of nitrogens with one attached hydrogen (secondary N) is 3. The summed E-state index contributed by atoms with van der Waals surface area (Å²) in [5.41, 5.74) is 2.00. The molecule has 8 heteroatoms. The van der Waals surface area contributed by atoms with Crippen LogP contribution in [0.2, 0.25) is 0 Å². The second kappa shape index (κ2) is 5.72. The number of rotatable bonds is 2. The summed E-state index contributed by atoms with van der Waals surface area (Å²) >= 11 is 0. The number of methoxy groups -OCH3 is 1. The predicted molar refractivity (Wildman–Crippen MR) is 73.4 cm³/mol. The van der Waals surface area contributed by atoms with Crippen LogP contribution in [0.15, 0.2) is 6.33 Å². The van der Waals surface area contributed by atoms with E-state index in [-0.39, 0.29) is 18.0 Å². The van der Waals surface area contributed by atoms with Gasteiger partial charge in [-0.15, -0.1) is 0 Å². The molecule has 0 aromatic carbocycles. The maximum Gasteiger partial charge on any atom is 0.407 e. The highest BCUT2D eigenvalue weighted by Crippen LogP contribution is 2.17. The molecule has 2 atom stereocenters. The number of alkyl carbamates (subject to hydrolysis) is 1. The molecule has 1 aromatic rings. The Hall–Kier alpha value is -2.09. The smallest absolute Gasteiger partial charge is 0.407 e. The van der Waals surface area contributed by atoms with Crippen molar-refractivity contribution in [2.75, 3.05) is 20.2 Å². The zero-order valence-corrected chi connectivity index (χ0v) is 11.9. The predicted octanol–water partition coefficient (Wildman–Crippen LogP) is -0.619. The van der Waals surface area contributed by atoms with Crippen molar-refractivity contribution in [2.24, 2.45) is 0 Å². The number of H-pyrrole nitrogens is 1. The first-order valence-electron chi connectivity index (χ1n) is 7.05. The molecule has 3 heterocycles. The summed E-state index contributed by atoms with van der Waals surface area (Å²) in [4.78, 5) is 32.8. The summed E-state index contributed by atoms with van der Waals surface area (Å²) in [6, 6.07) is -0.274. The molecule has 0 radical (unpaired) electrons. The Bertz CT molecular complexity index is 544. The topological polar surface area (TPSA) is 99.3 Å². The molecule has 2 aliphatic heterocycles. The normalized spacial score (nSPS) is 24.5. The van der Waals surface area contributed by atoms with Crippen LogP contribution in [0.1, 0.15) is 17.8 Å². The van der Waals surface area contributed by atoms with Gasteiger partial charge >= 0.3 is 6.09 Å². The van der Waals surface area contributed by atoms with E-state index in [1.165, 1.54) is 7.11 Å². The van der Waals surface area contributed by atoms with Crippen LogP contribution in [0.4, 0.5) is 4.79 Å². The summed E-state index contributed by atoms with van der Waals surface area (Å²) in [6.07, 6.45) is 2.56. The molecule has 0 spiro atoms. The number of likely N-dealkylation sites (tertiary alicyclic amines) is 1. The van der Waals surface area contributed by atoms with Crippen LogP contribution in [0.5, 0.6) is 0 Å². The summed E-state index contributed by atoms with van der Waals surface area (Å²) in [5, 5.41) is 5.97. The number of carbonyl (C=O) groups is 2. The van der Waals surface area contributed by atoms with Gasteiger partial charge in [0.2, 0.25) is 5.91 Å². The Kier molecular flexibility index (Phi) is 3.78. The molecule has 2 amide bonds. The number of carbonyl (C=O) groups excluding carboxylic acids is 2. The van der Waals surface area contributed by atoms with Gasteiger partial charge in [0.1, 0.15) is 0 Å². The molecule has 3 rings (SSSR count). The van der Waals surface area contributed by atoms with E-state index < -0.39 is 6.09 Å². The quantitative estimate of drug-likeness (QED) is 0.675. The Labute approximate surface area is 122 Å². The summed E-state index contributed by atoms with van der Waals surface area (Å²) in [6.45, 7) is 1.81. The van der Waals surface area contributed by atoms with Crippen molar-refractivity contribution in [3.05, 3.63) is 17.7 Å². The Morgan fingerprint density at radius 3 is 3.19 bits per heavy atom. The fourth-order valence-corrected chi connectivity index (χ4v) is 2.87. The number of imidazole rings is 1. The lowest BCUT2D eigenvalue weighted by Crippen LogP contribution is -2.49. The fraction of sp³-hybridized carbons (Fsp3) is 0.615. The number of aromatic nitrogens is 2. The molecular weight excluding hydrogens is 274 g/mol. The van der Waals surface area contributed by atoms with Gasteiger partial charge in [0.15, 0.2) is 0 Å². The van der Waals surface area contributed by atoms with E-state index in [9.17, 15) is 9.59 Å². The van der Waals surface area contributed by atoms with Gasteiger partial charge in [0, 0.05) is 26.1 Å². The molecule has 1 fully saturated rings. The third kappa shape index (κ3) is 2.85. The van der Waals surface area contributed by atoms with Crippen molar-refractivity contribution in [3.8, 4) is 0 Å². The molecule has 0 saturated carbocycles. The minimum absolute atomic E-state index is 0.0362. The first-order chi connectivity index (χ1) is 10.2. The van der Waals surface area contributed by atoms with E-state index in [4.69, 9.17) is 0 Å². The number of ether oxygens (including phenoxy) is 1. The largest absolute Gasteiger partial charge is 0.453 e. The van der Waals surface area contributed by atoms with E-state index in [2.05, 4.69) is 25.3 Å². The average Bonchev–Trinajstić information content (AvgIpc) is 3.14. The minimum Gasteiger partial charge on any atom is -0.453 e. The minimum atomic E-state index is -0.453. The average molecular weight is 293 g/mol. The van der Waals surface area contributed by atoms with Crippen LogP contribution in [0.3, 0.4) is 0 Å². The van der Waals surface area contributed by atoms with E-state index in [1.54, 1.807) is 11.2 Å². The van der Waals surface area contributed by atoms with Gasteiger partial charge < -0.3 is 19.9 Å². The van der Waals surface area contributed by atoms with Crippen molar-refractivity contribution in [1.29, 1.82) is 0 Å². The number of amides is 2. The molecule has 3 N–H and O–H groups in total. The van der Waals surface area contributed by atoms with E-state index in [0.29, 0.717) is 26.1 Å². The lowest BCUT2D eigenvalue weighted by atomic mass is 10.0. The van der Waals surface area contributed by atoms with E-state index in [1.807, 2.05) is 0 Å². The third-order valence-electron chi connectivity index (χ3n) is 4.04. The van der Waals surface area contributed by atoms with Crippen molar-refractivity contribution in [1.82, 2.24) is 25.5 Å². The highest BCUT2D eigenvalue weighted by molar-refractivity contribution is 5.83. The molecular formula is C13H19N5O3. The van der Waals surface area contributed by atoms with Crippen molar-refractivity contribution >= 4 is 12.0 Å². The first kappa shape index (κ1) is 13.9. The molecule has 1 aromatic heterocycles. The molecule has 2 unspecified atom stereocenters. The maximum absolute atomic E-state index is 12.5. The Morgan fingerprint density at radius 1 is 1.52 bits per heavy atom. The SMILES string of the molecule is COC(=O)NC1CCN(C(=O)C2Cc3nc[nH]c3CN2)C1. The van der Waals surface area contributed by atoms with Crippen molar-refractivity contribution in [3.63, 3.8) is 0 Å². The monoisotopic (exact) mass is 293 g/mol. The van der Waals surface area contributed by atoms with E-state index in [0.717, 1.165) is 17.8 Å². The van der Waals surface area contributed by atoms with Gasteiger partial charge in [-0.05, 0) is 6.42 Å². The lowest BCUT2D eigenvalue weighted by Gasteiger charge is -2.27. The summed E-state index contributed by atoms with van der Waals surface area (Å²) in [5.74, 6) is 0.0674. The summed E-state index contributed by atoms with van der Waals surface area (Å²) in [7, 11) is 1.33. The van der Waals surface area contributed by atoms with Gasteiger partial charge in [0.05, 0.1) is 36.9 Å². The van der Waals surface area contributed by atoms with Crippen LogP contribution in [-0.4, -0.2) is 59.2 Å². The van der Waals surface area contributed by atoms with Gasteiger partial charge in [-0.1, -0.05) is 0 Å². The van der Waals surface area contributed by atoms with E-state index >= 15 is 0 Å². The first-order valence-corrected chi connectivity index (χ1v) is 7.05. The van der Waals surface area contributed by atoms with Crippen molar-refractivity contribution in [2.45, 2.75) is 31.5 Å². The Balaban J connectivity index is 1.56. The van der Waals surface area contributed by atoms with Gasteiger partial charge in [-0.25, -0.2) is 9.78 Å². The van der Waals surface area contributed by atoms with Gasteiger partial charge in [0.25, 0.3) is 0 Å². The molecule has 2 aliphatic rings. The second-order valence-electron chi connectivity index (χ2n) is 5.37. The zero-order chi connectivity index (χ0) is 14.8.